The molecule has 4 aromatic rings. The van der Waals surface area contributed by atoms with Gasteiger partial charge in [-0.3, -0.25) is 20.2 Å². The van der Waals surface area contributed by atoms with Crippen LogP contribution in [0.3, 0.4) is 0 Å². The number of carbonyl (C=O) groups excluding carboxylic acids is 1. The number of nitro groups is 1. The summed E-state index contributed by atoms with van der Waals surface area (Å²) in [7, 11) is 0. The van der Waals surface area contributed by atoms with Crippen molar-refractivity contribution in [2.45, 2.75) is 6.92 Å². The lowest BCUT2D eigenvalue weighted by Gasteiger charge is -2.03. The highest BCUT2D eigenvalue weighted by Gasteiger charge is 2.18. The van der Waals surface area contributed by atoms with Crippen LogP contribution < -0.4 is 5.32 Å². The molecule has 4 rings (SSSR count). The van der Waals surface area contributed by atoms with Gasteiger partial charge in [-0.25, -0.2) is 4.98 Å². The van der Waals surface area contributed by atoms with E-state index in [0.29, 0.717) is 16.4 Å². The summed E-state index contributed by atoms with van der Waals surface area (Å²) in [5.74, 6) is -0.263. The molecule has 6 nitrogen and oxygen atoms in total. The number of thiazole rings is 1. The Kier molecular flexibility index (Phi) is 5.92. The van der Waals surface area contributed by atoms with Crippen LogP contribution in [0.25, 0.3) is 21.7 Å². The van der Waals surface area contributed by atoms with E-state index in [0.717, 1.165) is 26.0 Å². The first kappa shape index (κ1) is 20.9. The number of rotatable bonds is 5. The fourth-order valence-corrected chi connectivity index (χ4v) is 4.40. The third-order valence-electron chi connectivity index (χ3n) is 4.60. The molecule has 1 amide bonds. The Morgan fingerprint density at radius 3 is 2.35 bits per heavy atom. The number of nitro benzene ring substituents is 1. The number of benzene rings is 3. The normalized spacial score (nSPS) is 10.6. The number of amides is 1. The maximum Gasteiger partial charge on any atom is 0.269 e. The molecule has 0 aliphatic rings. The molecular formula is C23H16BrN3O3S. The number of nitrogens with one attached hydrogen (secondary N) is 1. The molecule has 0 saturated carbocycles. The number of halogens is 1. The quantitative estimate of drug-likeness (QED) is 0.247. The molecule has 0 spiro atoms. The van der Waals surface area contributed by atoms with Gasteiger partial charge < -0.3 is 0 Å². The predicted molar refractivity (Wildman–Crippen MR) is 126 cm³/mol. The first-order valence-electron chi connectivity index (χ1n) is 9.30. The zero-order valence-electron chi connectivity index (χ0n) is 16.3. The van der Waals surface area contributed by atoms with E-state index < -0.39 is 4.92 Å². The zero-order valence-corrected chi connectivity index (χ0v) is 18.7. The highest BCUT2D eigenvalue weighted by Crippen LogP contribution is 2.39. The van der Waals surface area contributed by atoms with Crippen LogP contribution in [-0.4, -0.2) is 15.8 Å². The Morgan fingerprint density at radius 2 is 1.71 bits per heavy atom. The highest BCUT2D eigenvalue weighted by molar-refractivity contribution is 9.10. The topological polar surface area (TPSA) is 85.1 Å². The minimum Gasteiger partial charge on any atom is -0.298 e. The van der Waals surface area contributed by atoms with Crippen molar-refractivity contribution in [2.75, 3.05) is 5.32 Å². The van der Waals surface area contributed by atoms with E-state index >= 15 is 0 Å². The molecular weight excluding hydrogens is 478 g/mol. The van der Waals surface area contributed by atoms with E-state index in [9.17, 15) is 14.9 Å². The first-order chi connectivity index (χ1) is 14.9. The summed E-state index contributed by atoms with van der Waals surface area (Å²) in [6, 6.07) is 21.4. The monoisotopic (exact) mass is 493 g/mol. The lowest BCUT2D eigenvalue weighted by Crippen LogP contribution is -2.11. The molecule has 154 valence electrons. The number of hydrogen-bond acceptors (Lipinski definition) is 5. The maximum atomic E-state index is 12.7. The van der Waals surface area contributed by atoms with Crippen LogP contribution in [-0.2, 0) is 0 Å². The Hall–Kier alpha value is -3.36. The van der Waals surface area contributed by atoms with Gasteiger partial charge in [-0.15, -0.1) is 0 Å². The van der Waals surface area contributed by atoms with Crippen molar-refractivity contribution < 1.29 is 9.72 Å². The Bertz CT molecular complexity index is 1270. The third-order valence-corrected chi connectivity index (χ3v) is 6.11. The van der Waals surface area contributed by atoms with Crippen molar-refractivity contribution in [3.05, 3.63) is 98.5 Å². The van der Waals surface area contributed by atoms with E-state index in [1.165, 1.54) is 23.5 Å². The number of carbonyl (C=O) groups is 1. The van der Waals surface area contributed by atoms with Gasteiger partial charge in [-0.1, -0.05) is 63.2 Å². The number of anilines is 1. The first-order valence-corrected chi connectivity index (χ1v) is 10.9. The van der Waals surface area contributed by atoms with Crippen molar-refractivity contribution in [3.63, 3.8) is 0 Å². The number of aromatic nitrogens is 1. The van der Waals surface area contributed by atoms with Crippen LogP contribution in [0.15, 0.2) is 77.3 Å². The average Bonchev–Trinajstić information content (AvgIpc) is 3.18. The van der Waals surface area contributed by atoms with Gasteiger partial charge in [0, 0.05) is 27.7 Å². The molecule has 31 heavy (non-hydrogen) atoms. The SMILES string of the molecule is Cc1ccc(-c2sc(NC(=O)c3cccc(Br)c3)nc2-c2ccc([N+](=O)[O-])cc2)cc1. The molecule has 0 radical (unpaired) electrons. The van der Waals surface area contributed by atoms with Gasteiger partial charge >= 0.3 is 0 Å². The summed E-state index contributed by atoms with van der Waals surface area (Å²) in [6.07, 6.45) is 0. The van der Waals surface area contributed by atoms with E-state index in [2.05, 4.69) is 26.2 Å². The smallest absolute Gasteiger partial charge is 0.269 e. The van der Waals surface area contributed by atoms with E-state index in [-0.39, 0.29) is 11.6 Å². The summed E-state index contributed by atoms with van der Waals surface area (Å²) in [4.78, 5) is 28.8. The van der Waals surface area contributed by atoms with Crippen LogP contribution in [0, 0.1) is 17.0 Å². The second kappa shape index (κ2) is 8.79. The zero-order chi connectivity index (χ0) is 22.0. The van der Waals surface area contributed by atoms with E-state index in [1.807, 2.05) is 37.3 Å². The molecule has 0 bridgehead atoms. The fraction of sp³-hybridized carbons (Fsp3) is 0.0435. The molecule has 0 aliphatic heterocycles. The molecule has 0 atom stereocenters. The molecule has 3 aromatic carbocycles. The number of hydrogen-bond donors (Lipinski definition) is 1. The second-order valence-electron chi connectivity index (χ2n) is 6.83. The molecule has 8 heteroatoms. The van der Waals surface area contributed by atoms with Gasteiger partial charge in [0.2, 0.25) is 0 Å². The van der Waals surface area contributed by atoms with Crippen molar-refractivity contribution >= 4 is 44.0 Å². The molecule has 0 fully saturated rings. The van der Waals surface area contributed by atoms with E-state index in [4.69, 9.17) is 0 Å². The lowest BCUT2D eigenvalue weighted by atomic mass is 10.1. The van der Waals surface area contributed by atoms with Gasteiger partial charge in [0.25, 0.3) is 11.6 Å². The van der Waals surface area contributed by atoms with Gasteiger partial charge in [0.05, 0.1) is 15.5 Å². The largest absolute Gasteiger partial charge is 0.298 e. The third kappa shape index (κ3) is 4.70. The molecule has 1 aromatic heterocycles. The predicted octanol–water partition coefficient (Wildman–Crippen LogP) is 6.71. The van der Waals surface area contributed by atoms with Gasteiger partial charge in [-0.2, -0.15) is 0 Å². The minimum absolute atomic E-state index is 0.0130. The Balaban J connectivity index is 1.74. The molecule has 1 N–H and O–H groups in total. The average molecular weight is 494 g/mol. The second-order valence-corrected chi connectivity index (χ2v) is 8.75. The van der Waals surface area contributed by atoms with Crippen molar-refractivity contribution in [1.82, 2.24) is 4.98 Å². The van der Waals surface area contributed by atoms with Gasteiger partial charge in [0.1, 0.15) is 0 Å². The van der Waals surface area contributed by atoms with Gasteiger partial charge in [0.15, 0.2) is 5.13 Å². The summed E-state index contributed by atoms with van der Waals surface area (Å²) in [6.45, 7) is 2.01. The minimum atomic E-state index is -0.435. The van der Waals surface area contributed by atoms with Crippen LogP contribution in [0.5, 0.6) is 0 Å². The van der Waals surface area contributed by atoms with E-state index in [1.54, 1.807) is 30.3 Å². The fourth-order valence-electron chi connectivity index (χ4n) is 3.01. The maximum absolute atomic E-state index is 12.7. The number of non-ortho nitro benzene ring substituents is 1. The Labute approximate surface area is 190 Å². The van der Waals surface area contributed by atoms with Gasteiger partial charge in [-0.05, 0) is 42.8 Å². The molecule has 1 heterocycles. The van der Waals surface area contributed by atoms with Crippen LogP contribution in [0.2, 0.25) is 0 Å². The van der Waals surface area contributed by atoms with Crippen molar-refractivity contribution in [3.8, 4) is 21.7 Å². The van der Waals surface area contributed by atoms with Crippen molar-refractivity contribution in [2.24, 2.45) is 0 Å². The molecule has 0 unspecified atom stereocenters. The highest BCUT2D eigenvalue weighted by atomic mass is 79.9. The van der Waals surface area contributed by atoms with Crippen LogP contribution in [0.1, 0.15) is 15.9 Å². The Morgan fingerprint density at radius 1 is 1.03 bits per heavy atom. The van der Waals surface area contributed by atoms with Crippen LogP contribution >= 0.6 is 27.3 Å². The summed E-state index contributed by atoms with van der Waals surface area (Å²) in [5, 5.41) is 14.3. The standard InChI is InChI=1S/C23H16BrN3O3S/c1-14-5-7-16(8-6-14)21-20(15-9-11-19(12-10-15)27(29)30)25-23(31-21)26-22(28)17-3-2-4-18(24)13-17/h2-13H,1H3,(H,25,26,28). The summed E-state index contributed by atoms with van der Waals surface area (Å²) in [5.41, 5.74) is 4.01. The molecule has 0 saturated heterocycles. The van der Waals surface area contributed by atoms with Crippen LogP contribution in [0.4, 0.5) is 10.8 Å². The van der Waals surface area contributed by atoms with Crippen molar-refractivity contribution in [1.29, 1.82) is 0 Å². The number of nitrogens with zero attached hydrogens (tertiary/aromatic N) is 2. The summed E-state index contributed by atoms with van der Waals surface area (Å²) >= 11 is 4.74. The number of aryl methyl sites for hydroxylation is 1. The lowest BCUT2D eigenvalue weighted by molar-refractivity contribution is -0.384. The summed E-state index contributed by atoms with van der Waals surface area (Å²) < 4.78 is 0.811. The molecule has 0 aliphatic carbocycles.